The molecule has 1 atom stereocenters. The second kappa shape index (κ2) is 8.05. The third-order valence-electron chi connectivity index (χ3n) is 5.88. The Morgan fingerprint density at radius 1 is 1.04 bits per heavy atom. The van der Waals surface area contributed by atoms with Crippen LogP contribution in [0.3, 0.4) is 0 Å². The first kappa shape index (κ1) is 18.5. The van der Waals surface area contributed by atoms with Crippen molar-refractivity contribution in [3.05, 3.63) is 59.7 Å². The Bertz CT molecular complexity index is 833. The van der Waals surface area contributed by atoms with Gasteiger partial charge in [0, 0.05) is 25.4 Å². The first-order chi connectivity index (χ1) is 13.6. The number of nitrogens with zero attached hydrogens (tertiary/aromatic N) is 1. The van der Waals surface area contributed by atoms with Gasteiger partial charge in [-0.05, 0) is 47.4 Å². The van der Waals surface area contributed by atoms with Gasteiger partial charge in [-0.3, -0.25) is 4.79 Å². The number of hydrogen-bond acceptors (Lipinski definition) is 3. The first-order valence-corrected chi connectivity index (χ1v) is 9.95. The van der Waals surface area contributed by atoms with E-state index in [1.807, 2.05) is 24.3 Å². The van der Waals surface area contributed by atoms with Crippen LogP contribution in [-0.2, 0) is 9.53 Å². The third kappa shape index (κ3) is 3.75. The van der Waals surface area contributed by atoms with E-state index in [1.54, 1.807) is 4.90 Å². The molecule has 5 nitrogen and oxygen atoms in total. The molecule has 0 radical (unpaired) electrons. The molecule has 2 aromatic carbocycles. The van der Waals surface area contributed by atoms with E-state index < -0.39 is 5.97 Å². The van der Waals surface area contributed by atoms with Crippen molar-refractivity contribution in [3.8, 4) is 11.1 Å². The maximum absolute atomic E-state index is 12.6. The second-order valence-corrected chi connectivity index (χ2v) is 7.69. The Balaban J connectivity index is 1.35. The lowest BCUT2D eigenvalue weighted by Gasteiger charge is -2.19. The smallest absolute Gasteiger partial charge is 0.409 e. The van der Waals surface area contributed by atoms with Crippen molar-refractivity contribution in [3.63, 3.8) is 0 Å². The SMILES string of the molecule is O=C(O)CCCC1CCN(C(=O)OCC2c3ccccc3-c3ccccc32)C1. The van der Waals surface area contributed by atoms with Gasteiger partial charge in [-0.15, -0.1) is 0 Å². The monoisotopic (exact) mass is 379 g/mol. The summed E-state index contributed by atoms with van der Waals surface area (Å²) in [6.45, 7) is 1.69. The van der Waals surface area contributed by atoms with E-state index >= 15 is 0 Å². The maximum atomic E-state index is 12.6. The third-order valence-corrected chi connectivity index (χ3v) is 5.88. The normalized spacial score (nSPS) is 18.0. The summed E-state index contributed by atoms with van der Waals surface area (Å²) in [5.41, 5.74) is 4.87. The number of likely N-dealkylation sites (tertiary alicyclic amines) is 1. The average molecular weight is 379 g/mol. The number of hydrogen-bond donors (Lipinski definition) is 1. The summed E-state index contributed by atoms with van der Waals surface area (Å²) in [6.07, 6.45) is 2.37. The zero-order valence-corrected chi connectivity index (χ0v) is 15.8. The molecule has 2 aromatic rings. The lowest BCUT2D eigenvalue weighted by atomic mass is 9.98. The topological polar surface area (TPSA) is 66.8 Å². The van der Waals surface area contributed by atoms with Crippen LogP contribution >= 0.6 is 0 Å². The van der Waals surface area contributed by atoms with Crippen LogP contribution in [0.25, 0.3) is 11.1 Å². The molecule has 4 rings (SSSR count). The molecule has 2 aliphatic rings. The van der Waals surface area contributed by atoms with E-state index in [2.05, 4.69) is 24.3 Å². The van der Waals surface area contributed by atoms with Crippen molar-refractivity contribution in [2.45, 2.75) is 31.6 Å². The lowest BCUT2D eigenvalue weighted by molar-refractivity contribution is -0.137. The average Bonchev–Trinajstić information content (AvgIpc) is 3.29. The Hall–Kier alpha value is -2.82. The van der Waals surface area contributed by atoms with Crippen LogP contribution in [0.15, 0.2) is 48.5 Å². The second-order valence-electron chi connectivity index (χ2n) is 7.69. The predicted molar refractivity (Wildman–Crippen MR) is 106 cm³/mol. The molecule has 1 saturated heterocycles. The van der Waals surface area contributed by atoms with Crippen LogP contribution in [0.1, 0.15) is 42.7 Å². The van der Waals surface area contributed by atoms with E-state index in [0.717, 1.165) is 12.8 Å². The van der Waals surface area contributed by atoms with Gasteiger partial charge in [0.05, 0.1) is 0 Å². The number of carboxylic acid groups (broad SMARTS) is 1. The summed E-state index contributed by atoms with van der Waals surface area (Å²) < 4.78 is 5.71. The molecule has 146 valence electrons. The number of carbonyl (C=O) groups is 2. The van der Waals surface area contributed by atoms with Gasteiger partial charge in [-0.2, -0.15) is 0 Å². The van der Waals surface area contributed by atoms with E-state index in [-0.39, 0.29) is 18.4 Å². The largest absolute Gasteiger partial charge is 0.481 e. The van der Waals surface area contributed by atoms with Gasteiger partial charge >= 0.3 is 12.1 Å². The molecule has 1 fully saturated rings. The summed E-state index contributed by atoms with van der Waals surface area (Å²) in [5.74, 6) is -0.309. The van der Waals surface area contributed by atoms with Crippen LogP contribution < -0.4 is 0 Å². The predicted octanol–water partition coefficient (Wildman–Crippen LogP) is 4.51. The molecule has 1 N–H and O–H groups in total. The van der Waals surface area contributed by atoms with Gasteiger partial charge in [-0.25, -0.2) is 4.79 Å². The highest BCUT2D eigenvalue weighted by Gasteiger charge is 2.31. The van der Waals surface area contributed by atoms with Gasteiger partial charge in [0.1, 0.15) is 6.61 Å². The van der Waals surface area contributed by atoms with Crippen LogP contribution in [0.4, 0.5) is 4.79 Å². The number of fused-ring (bicyclic) bond motifs is 3. The quantitative estimate of drug-likeness (QED) is 0.802. The van der Waals surface area contributed by atoms with Gasteiger partial charge < -0.3 is 14.7 Å². The fourth-order valence-electron chi connectivity index (χ4n) is 4.46. The fourth-order valence-corrected chi connectivity index (χ4v) is 4.46. The molecular weight excluding hydrogens is 354 g/mol. The van der Waals surface area contributed by atoms with E-state index in [1.165, 1.54) is 22.3 Å². The minimum absolute atomic E-state index is 0.0744. The van der Waals surface area contributed by atoms with E-state index in [0.29, 0.717) is 32.0 Å². The zero-order valence-electron chi connectivity index (χ0n) is 15.8. The molecule has 1 aliphatic heterocycles. The van der Waals surface area contributed by atoms with Gasteiger partial charge in [-0.1, -0.05) is 48.5 Å². The van der Waals surface area contributed by atoms with Crippen molar-refractivity contribution in [2.24, 2.45) is 5.92 Å². The molecule has 0 bridgehead atoms. The maximum Gasteiger partial charge on any atom is 0.409 e. The summed E-state index contributed by atoms with van der Waals surface area (Å²) >= 11 is 0. The van der Waals surface area contributed by atoms with Crippen LogP contribution in [0.5, 0.6) is 0 Å². The first-order valence-electron chi connectivity index (χ1n) is 9.95. The number of aliphatic carboxylic acids is 1. The lowest BCUT2D eigenvalue weighted by Crippen LogP contribution is -2.30. The zero-order chi connectivity index (χ0) is 19.5. The van der Waals surface area contributed by atoms with Crippen LogP contribution in [-0.4, -0.2) is 41.8 Å². The number of carbonyl (C=O) groups excluding carboxylic acids is 1. The van der Waals surface area contributed by atoms with Crippen molar-refractivity contribution >= 4 is 12.1 Å². The number of rotatable bonds is 6. The molecule has 1 unspecified atom stereocenters. The van der Waals surface area contributed by atoms with Crippen LogP contribution in [0, 0.1) is 5.92 Å². The van der Waals surface area contributed by atoms with Crippen LogP contribution in [0.2, 0.25) is 0 Å². The Morgan fingerprint density at radius 2 is 1.68 bits per heavy atom. The fraction of sp³-hybridized carbons (Fsp3) is 0.391. The summed E-state index contributed by atoms with van der Waals surface area (Å²) in [6, 6.07) is 16.6. The molecule has 1 aliphatic carbocycles. The molecule has 1 amide bonds. The van der Waals surface area contributed by atoms with Gasteiger partial charge in [0.2, 0.25) is 0 Å². The van der Waals surface area contributed by atoms with Crippen molar-refractivity contribution in [1.29, 1.82) is 0 Å². The molecule has 5 heteroatoms. The molecule has 0 spiro atoms. The molecular formula is C23H25NO4. The minimum Gasteiger partial charge on any atom is -0.481 e. The van der Waals surface area contributed by atoms with E-state index in [4.69, 9.17) is 9.84 Å². The highest BCUT2D eigenvalue weighted by molar-refractivity contribution is 5.79. The van der Waals surface area contributed by atoms with E-state index in [9.17, 15) is 9.59 Å². The number of ether oxygens (including phenoxy) is 1. The Morgan fingerprint density at radius 3 is 2.32 bits per heavy atom. The molecule has 0 saturated carbocycles. The number of amides is 1. The van der Waals surface area contributed by atoms with Gasteiger partial charge in [0.25, 0.3) is 0 Å². The van der Waals surface area contributed by atoms with Crippen molar-refractivity contribution in [2.75, 3.05) is 19.7 Å². The van der Waals surface area contributed by atoms with Crippen molar-refractivity contribution in [1.82, 2.24) is 4.90 Å². The number of benzene rings is 2. The minimum atomic E-state index is -0.758. The highest BCUT2D eigenvalue weighted by atomic mass is 16.6. The standard InChI is InChI=1S/C23H25NO4/c25-22(26)11-5-6-16-12-13-24(14-16)23(27)28-15-21-19-9-3-1-7-17(19)18-8-2-4-10-20(18)21/h1-4,7-10,16,21H,5-6,11-15H2,(H,25,26). The Kier molecular flexibility index (Phi) is 5.33. The summed E-state index contributed by atoms with van der Waals surface area (Å²) in [4.78, 5) is 25.0. The summed E-state index contributed by atoms with van der Waals surface area (Å²) in [7, 11) is 0. The highest BCUT2D eigenvalue weighted by Crippen LogP contribution is 2.44. The Labute approximate surface area is 164 Å². The number of carboxylic acids is 1. The van der Waals surface area contributed by atoms with Crippen molar-refractivity contribution < 1.29 is 19.4 Å². The molecule has 0 aromatic heterocycles. The van der Waals surface area contributed by atoms with Gasteiger partial charge in [0.15, 0.2) is 0 Å². The molecule has 28 heavy (non-hydrogen) atoms. The summed E-state index contributed by atoms with van der Waals surface area (Å²) in [5, 5.41) is 8.76. The molecule has 1 heterocycles.